The fourth-order valence-electron chi connectivity index (χ4n) is 1.35. The van der Waals surface area contributed by atoms with E-state index in [-0.39, 0.29) is 0 Å². The van der Waals surface area contributed by atoms with Crippen LogP contribution in [0.4, 0.5) is 11.9 Å². The summed E-state index contributed by atoms with van der Waals surface area (Å²) in [5.41, 5.74) is 0. The van der Waals surface area contributed by atoms with Gasteiger partial charge in [0.15, 0.2) is 0 Å². The van der Waals surface area contributed by atoms with Crippen LogP contribution < -0.4 is 10.6 Å². The zero-order chi connectivity index (χ0) is 12.8. The van der Waals surface area contributed by atoms with Gasteiger partial charge in [0.25, 0.3) is 5.95 Å². The smallest absolute Gasteiger partial charge is 0.258 e. The summed E-state index contributed by atoms with van der Waals surface area (Å²) in [5, 5.41) is 10.1. The Kier molecular flexibility index (Phi) is 4.00. The van der Waals surface area contributed by atoms with Crippen LogP contribution in [0.3, 0.4) is 0 Å². The SMILES string of the molecule is CCCCNc1nc(NC)nc(-n2cncn2)n1. The summed E-state index contributed by atoms with van der Waals surface area (Å²) in [5.74, 6) is 1.47. The van der Waals surface area contributed by atoms with Crippen LogP contribution in [-0.4, -0.2) is 43.3 Å². The molecule has 0 aromatic carbocycles. The normalized spacial score (nSPS) is 10.3. The van der Waals surface area contributed by atoms with E-state index < -0.39 is 0 Å². The summed E-state index contributed by atoms with van der Waals surface area (Å²) in [6, 6.07) is 0. The van der Waals surface area contributed by atoms with Crippen molar-refractivity contribution in [3.8, 4) is 5.95 Å². The summed E-state index contributed by atoms with van der Waals surface area (Å²) in [6.07, 6.45) is 5.17. The van der Waals surface area contributed by atoms with E-state index in [0.717, 1.165) is 19.4 Å². The molecule has 0 fully saturated rings. The van der Waals surface area contributed by atoms with Crippen molar-refractivity contribution in [2.45, 2.75) is 19.8 Å². The molecule has 0 unspecified atom stereocenters. The largest absolute Gasteiger partial charge is 0.357 e. The highest BCUT2D eigenvalue weighted by Gasteiger charge is 2.07. The minimum Gasteiger partial charge on any atom is -0.357 e. The number of hydrogen-bond donors (Lipinski definition) is 2. The standard InChI is InChI=1S/C10H16N8/c1-3-4-5-13-9-15-8(11-2)16-10(17-9)18-7-12-6-14-18/h6-7H,3-5H2,1-2H3,(H2,11,13,15,16,17). The Morgan fingerprint density at radius 3 is 2.72 bits per heavy atom. The van der Waals surface area contributed by atoms with Crippen LogP contribution in [0, 0.1) is 0 Å². The van der Waals surface area contributed by atoms with Gasteiger partial charge in [-0.2, -0.15) is 24.7 Å². The summed E-state index contributed by atoms with van der Waals surface area (Å²) in [7, 11) is 1.76. The topological polar surface area (TPSA) is 93.4 Å². The van der Waals surface area contributed by atoms with Crippen molar-refractivity contribution in [1.29, 1.82) is 0 Å². The number of nitrogens with one attached hydrogen (secondary N) is 2. The van der Waals surface area contributed by atoms with Crippen molar-refractivity contribution in [1.82, 2.24) is 29.7 Å². The van der Waals surface area contributed by atoms with Crippen molar-refractivity contribution < 1.29 is 0 Å². The Balaban J connectivity index is 2.22. The van der Waals surface area contributed by atoms with Gasteiger partial charge in [-0.3, -0.25) is 0 Å². The van der Waals surface area contributed by atoms with Crippen LogP contribution in [0.1, 0.15) is 19.8 Å². The number of anilines is 2. The molecule has 0 radical (unpaired) electrons. The number of aromatic nitrogens is 6. The van der Waals surface area contributed by atoms with Gasteiger partial charge < -0.3 is 10.6 Å². The molecule has 2 heterocycles. The summed E-state index contributed by atoms with van der Waals surface area (Å²) in [6.45, 7) is 2.97. The van der Waals surface area contributed by atoms with E-state index in [2.05, 4.69) is 42.6 Å². The van der Waals surface area contributed by atoms with E-state index >= 15 is 0 Å². The third-order valence-corrected chi connectivity index (χ3v) is 2.28. The fourth-order valence-corrected chi connectivity index (χ4v) is 1.35. The van der Waals surface area contributed by atoms with E-state index in [0.29, 0.717) is 17.8 Å². The van der Waals surface area contributed by atoms with Crippen molar-refractivity contribution >= 4 is 11.9 Å². The highest BCUT2D eigenvalue weighted by Crippen LogP contribution is 2.07. The van der Waals surface area contributed by atoms with Gasteiger partial charge in [-0.1, -0.05) is 13.3 Å². The minimum absolute atomic E-state index is 0.436. The molecule has 2 N–H and O–H groups in total. The van der Waals surface area contributed by atoms with Crippen molar-refractivity contribution in [3.63, 3.8) is 0 Å². The fraction of sp³-hybridized carbons (Fsp3) is 0.500. The summed E-state index contributed by atoms with van der Waals surface area (Å²) >= 11 is 0. The molecule has 0 aliphatic carbocycles. The maximum absolute atomic E-state index is 4.28. The number of rotatable bonds is 6. The predicted molar refractivity (Wildman–Crippen MR) is 67.7 cm³/mol. The maximum Gasteiger partial charge on any atom is 0.258 e. The lowest BCUT2D eigenvalue weighted by atomic mass is 10.3. The molecule has 0 atom stereocenters. The summed E-state index contributed by atoms with van der Waals surface area (Å²) < 4.78 is 1.49. The predicted octanol–water partition coefficient (Wildman–Crippen LogP) is 0.706. The van der Waals surface area contributed by atoms with E-state index in [9.17, 15) is 0 Å². The highest BCUT2D eigenvalue weighted by atomic mass is 15.4. The second-order valence-electron chi connectivity index (χ2n) is 3.65. The van der Waals surface area contributed by atoms with E-state index in [4.69, 9.17) is 0 Å². The number of unbranched alkanes of at least 4 members (excludes halogenated alkanes) is 1. The molecule has 0 bridgehead atoms. The quantitative estimate of drug-likeness (QED) is 0.727. The molecule has 0 spiro atoms. The molecule has 18 heavy (non-hydrogen) atoms. The summed E-state index contributed by atoms with van der Waals surface area (Å²) in [4.78, 5) is 16.6. The molecular weight excluding hydrogens is 232 g/mol. The molecule has 2 aromatic heterocycles. The van der Waals surface area contributed by atoms with Gasteiger partial charge in [0.1, 0.15) is 12.7 Å². The molecule has 0 aliphatic rings. The van der Waals surface area contributed by atoms with Gasteiger partial charge >= 0.3 is 0 Å². The highest BCUT2D eigenvalue weighted by molar-refractivity contribution is 5.37. The molecule has 0 aliphatic heterocycles. The van der Waals surface area contributed by atoms with E-state index in [1.165, 1.54) is 11.0 Å². The van der Waals surface area contributed by atoms with Gasteiger partial charge in [-0.15, -0.1) is 0 Å². The first-order valence-corrected chi connectivity index (χ1v) is 5.86. The zero-order valence-electron chi connectivity index (χ0n) is 10.5. The molecule has 0 saturated carbocycles. The van der Waals surface area contributed by atoms with Crippen LogP contribution in [-0.2, 0) is 0 Å². The van der Waals surface area contributed by atoms with Crippen LogP contribution in [0.15, 0.2) is 12.7 Å². The maximum atomic E-state index is 4.28. The third kappa shape index (κ3) is 2.90. The first-order chi connectivity index (χ1) is 8.83. The lowest BCUT2D eigenvalue weighted by Crippen LogP contribution is -2.12. The molecule has 2 aromatic rings. The first kappa shape index (κ1) is 12.2. The minimum atomic E-state index is 0.436. The lowest BCUT2D eigenvalue weighted by Gasteiger charge is -2.07. The average molecular weight is 248 g/mol. The number of nitrogens with zero attached hydrogens (tertiary/aromatic N) is 6. The van der Waals surface area contributed by atoms with Crippen LogP contribution >= 0.6 is 0 Å². The monoisotopic (exact) mass is 248 g/mol. The third-order valence-electron chi connectivity index (χ3n) is 2.28. The van der Waals surface area contributed by atoms with E-state index in [1.807, 2.05) is 0 Å². The zero-order valence-corrected chi connectivity index (χ0v) is 10.5. The van der Waals surface area contributed by atoms with Gasteiger partial charge in [0, 0.05) is 13.6 Å². The lowest BCUT2D eigenvalue weighted by molar-refractivity contribution is 0.786. The molecule has 8 heteroatoms. The van der Waals surface area contributed by atoms with Crippen molar-refractivity contribution in [2.75, 3.05) is 24.2 Å². The second-order valence-corrected chi connectivity index (χ2v) is 3.65. The molecule has 0 amide bonds. The van der Waals surface area contributed by atoms with Gasteiger partial charge in [-0.25, -0.2) is 4.98 Å². The first-order valence-electron chi connectivity index (χ1n) is 5.86. The Morgan fingerprint density at radius 1 is 1.22 bits per heavy atom. The Bertz CT molecular complexity index is 481. The molecule has 96 valence electrons. The average Bonchev–Trinajstić information content (AvgIpc) is 2.92. The van der Waals surface area contributed by atoms with Gasteiger partial charge in [0.2, 0.25) is 11.9 Å². The second kappa shape index (κ2) is 5.89. The van der Waals surface area contributed by atoms with Crippen LogP contribution in [0.25, 0.3) is 5.95 Å². The number of hydrogen-bond acceptors (Lipinski definition) is 7. The molecule has 2 rings (SSSR count). The van der Waals surface area contributed by atoms with Crippen molar-refractivity contribution in [3.05, 3.63) is 12.7 Å². The Labute approximate surface area is 105 Å². The Morgan fingerprint density at radius 2 is 2.06 bits per heavy atom. The Hall–Kier alpha value is -2.25. The van der Waals surface area contributed by atoms with Crippen molar-refractivity contribution in [2.24, 2.45) is 0 Å². The molecular formula is C10H16N8. The molecule has 0 saturated heterocycles. The van der Waals surface area contributed by atoms with Gasteiger partial charge in [-0.05, 0) is 6.42 Å². The van der Waals surface area contributed by atoms with Gasteiger partial charge in [0.05, 0.1) is 0 Å². The van der Waals surface area contributed by atoms with E-state index in [1.54, 1.807) is 13.4 Å². The molecule has 8 nitrogen and oxygen atoms in total. The van der Waals surface area contributed by atoms with Crippen LogP contribution in [0.2, 0.25) is 0 Å². The van der Waals surface area contributed by atoms with Crippen LogP contribution in [0.5, 0.6) is 0 Å².